The van der Waals surface area contributed by atoms with Crippen molar-refractivity contribution >= 4 is 29.8 Å². The molecule has 12 nitrogen and oxygen atoms in total. The standard InChI is InChI=1S/C31H50NO11/c1-8-14-23(33)38-21-22-28(40-24(34)15-9-2)29(41-25(35)16-10-3)30(42-26(36)17-11-4)31(39-22)43-27(37)18-13-20-32(6,7)19-12-5/h5,22,28-31H,8-11,13-21H2,1-4,6-7H3/q+1/t22-,28-,29+,30-,31?/m1/s1. The van der Waals surface area contributed by atoms with Crippen LogP contribution in [0.3, 0.4) is 0 Å². The third kappa shape index (κ3) is 14.2. The summed E-state index contributed by atoms with van der Waals surface area (Å²) in [5.41, 5.74) is 0. The van der Waals surface area contributed by atoms with Gasteiger partial charge in [-0.05, 0) is 31.6 Å². The van der Waals surface area contributed by atoms with Crippen LogP contribution >= 0.6 is 0 Å². The van der Waals surface area contributed by atoms with Crippen LogP contribution in [0.15, 0.2) is 0 Å². The van der Waals surface area contributed by atoms with Gasteiger partial charge in [0.1, 0.15) is 19.3 Å². The normalized spacial score (nSPS) is 21.7. The molecule has 0 radical (unpaired) electrons. The largest absolute Gasteiger partial charge is 0.463 e. The number of ether oxygens (including phenoxy) is 6. The van der Waals surface area contributed by atoms with Crippen molar-refractivity contribution in [3.63, 3.8) is 0 Å². The second kappa shape index (κ2) is 19.9. The van der Waals surface area contributed by atoms with Crippen molar-refractivity contribution in [2.24, 2.45) is 0 Å². The maximum Gasteiger partial charge on any atom is 0.308 e. The first-order valence-electron chi connectivity index (χ1n) is 15.3. The van der Waals surface area contributed by atoms with Gasteiger partial charge < -0.3 is 32.9 Å². The first-order chi connectivity index (χ1) is 20.4. The molecule has 1 unspecified atom stereocenters. The minimum absolute atomic E-state index is 0.00704. The zero-order valence-electron chi connectivity index (χ0n) is 26.6. The van der Waals surface area contributed by atoms with Gasteiger partial charge in [0, 0.05) is 32.1 Å². The summed E-state index contributed by atoms with van der Waals surface area (Å²) >= 11 is 0. The zero-order valence-corrected chi connectivity index (χ0v) is 26.6. The highest BCUT2D eigenvalue weighted by atomic mass is 16.7. The first-order valence-corrected chi connectivity index (χ1v) is 15.3. The van der Waals surface area contributed by atoms with Gasteiger partial charge in [0.2, 0.25) is 12.4 Å². The number of hydrogen-bond donors (Lipinski definition) is 0. The second-order valence-corrected chi connectivity index (χ2v) is 11.2. The molecule has 0 aromatic heterocycles. The number of nitrogens with zero attached hydrogens (tertiary/aromatic N) is 1. The Balaban J connectivity index is 3.42. The van der Waals surface area contributed by atoms with Gasteiger partial charge in [-0.15, -0.1) is 6.42 Å². The number of esters is 5. The van der Waals surface area contributed by atoms with Crippen LogP contribution in [0, 0.1) is 12.3 Å². The molecule has 0 spiro atoms. The van der Waals surface area contributed by atoms with Crippen LogP contribution in [0.25, 0.3) is 0 Å². The summed E-state index contributed by atoms with van der Waals surface area (Å²) < 4.78 is 34.7. The van der Waals surface area contributed by atoms with Gasteiger partial charge in [-0.2, -0.15) is 0 Å². The number of rotatable bonds is 19. The highest BCUT2D eigenvalue weighted by molar-refractivity contribution is 5.72. The third-order valence-corrected chi connectivity index (χ3v) is 6.53. The fraction of sp³-hybridized carbons (Fsp3) is 0.774. The van der Waals surface area contributed by atoms with Gasteiger partial charge in [0.05, 0.1) is 27.1 Å². The number of carbonyl (C=O) groups is 5. The van der Waals surface area contributed by atoms with Gasteiger partial charge in [0.25, 0.3) is 0 Å². The van der Waals surface area contributed by atoms with Crippen molar-refractivity contribution in [3.8, 4) is 12.3 Å². The Morgan fingerprint density at radius 3 is 1.65 bits per heavy atom. The molecule has 1 aliphatic heterocycles. The zero-order chi connectivity index (χ0) is 32.4. The van der Waals surface area contributed by atoms with Crippen molar-refractivity contribution in [3.05, 3.63) is 0 Å². The van der Waals surface area contributed by atoms with Gasteiger partial charge in [-0.3, -0.25) is 24.0 Å². The van der Waals surface area contributed by atoms with Gasteiger partial charge >= 0.3 is 29.8 Å². The summed E-state index contributed by atoms with van der Waals surface area (Å²) in [6.07, 6.45) is 1.24. The van der Waals surface area contributed by atoms with E-state index in [0.29, 0.717) is 49.7 Å². The molecule has 1 aliphatic rings. The van der Waals surface area contributed by atoms with Crippen LogP contribution in [0.1, 0.15) is 91.9 Å². The van der Waals surface area contributed by atoms with E-state index in [1.54, 1.807) is 20.8 Å². The van der Waals surface area contributed by atoms with Crippen LogP contribution in [0.5, 0.6) is 0 Å². The Kier molecular flexibility index (Phi) is 17.5. The molecule has 0 aromatic carbocycles. The third-order valence-electron chi connectivity index (χ3n) is 6.53. The van der Waals surface area contributed by atoms with Crippen LogP contribution < -0.4 is 0 Å². The van der Waals surface area contributed by atoms with Crippen molar-refractivity contribution in [1.29, 1.82) is 0 Å². The topological polar surface area (TPSA) is 141 Å². The van der Waals surface area contributed by atoms with E-state index in [0.717, 1.165) is 0 Å². The second-order valence-electron chi connectivity index (χ2n) is 11.2. The van der Waals surface area contributed by atoms with E-state index in [1.807, 2.05) is 21.0 Å². The molecule has 244 valence electrons. The molecule has 1 rings (SSSR count). The van der Waals surface area contributed by atoms with Crippen molar-refractivity contribution in [1.82, 2.24) is 0 Å². The van der Waals surface area contributed by atoms with E-state index in [2.05, 4.69) is 5.92 Å². The van der Waals surface area contributed by atoms with E-state index in [4.69, 9.17) is 34.8 Å². The Morgan fingerprint density at radius 1 is 0.674 bits per heavy atom. The lowest BCUT2D eigenvalue weighted by molar-refractivity contribution is -0.883. The summed E-state index contributed by atoms with van der Waals surface area (Å²) in [7, 11) is 3.89. The molecule has 0 saturated carbocycles. The quantitative estimate of drug-likeness (QED) is 0.0919. The minimum atomic E-state index is -1.53. The molecule has 0 bridgehead atoms. The molecular formula is C31H50NO11+. The van der Waals surface area contributed by atoms with Crippen molar-refractivity contribution < 1.29 is 56.9 Å². The number of carbonyl (C=O) groups excluding carboxylic acids is 5. The fourth-order valence-corrected chi connectivity index (χ4v) is 4.37. The molecule has 12 heteroatoms. The summed E-state index contributed by atoms with van der Waals surface area (Å²) in [6, 6.07) is 0. The Morgan fingerprint density at radius 2 is 1.14 bits per heavy atom. The number of quaternary nitrogens is 1. The summed E-state index contributed by atoms with van der Waals surface area (Å²) in [5.74, 6) is -0.446. The predicted octanol–water partition coefficient (Wildman–Crippen LogP) is 3.22. The highest BCUT2D eigenvalue weighted by Crippen LogP contribution is 2.31. The van der Waals surface area contributed by atoms with Crippen molar-refractivity contribution in [2.45, 2.75) is 123 Å². The molecule has 5 atom stereocenters. The van der Waals surface area contributed by atoms with E-state index in [-0.39, 0.29) is 38.7 Å². The molecule has 1 saturated heterocycles. The molecule has 0 N–H and O–H groups in total. The van der Waals surface area contributed by atoms with Gasteiger partial charge in [-0.25, -0.2) is 0 Å². The van der Waals surface area contributed by atoms with E-state index in [9.17, 15) is 24.0 Å². The molecule has 1 fully saturated rings. The van der Waals surface area contributed by atoms with Gasteiger partial charge in [-0.1, -0.05) is 27.7 Å². The lowest BCUT2D eigenvalue weighted by Crippen LogP contribution is -2.63. The van der Waals surface area contributed by atoms with Crippen LogP contribution in [-0.4, -0.2) is 98.8 Å². The Labute approximate surface area is 255 Å². The van der Waals surface area contributed by atoms with Crippen LogP contribution in [0.4, 0.5) is 0 Å². The maximum absolute atomic E-state index is 13.0. The SMILES string of the molecule is C#CC[N+](C)(C)CCCC(=O)OC1O[C@H](COC(=O)CCC)[C@@H](OC(=O)CCC)[C@H](OC(=O)CCC)[C@H]1OC(=O)CCC. The Bertz CT molecular complexity index is 958. The maximum atomic E-state index is 13.0. The summed E-state index contributed by atoms with van der Waals surface area (Å²) in [4.78, 5) is 63.3. The minimum Gasteiger partial charge on any atom is -0.463 e. The fourth-order valence-electron chi connectivity index (χ4n) is 4.37. The molecular weight excluding hydrogens is 562 g/mol. The molecule has 0 aromatic rings. The summed E-state index contributed by atoms with van der Waals surface area (Å²) in [5, 5.41) is 0. The lowest BCUT2D eigenvalue weighted by Gasteiger charge is -2.44. The molecule has 0 amide bonds. The average Bonchev–Trinajstić information content (AvgIpc) is 2.91. The number of hydrogen-bond acceptors (Lipinski definition) is 11. The van der Waals surface area contributed by atoms with E-state index < -0.39 is 60.6 Å². The first kappa shape index (κ1) is 37.9. The van der Waals surface area contributed by atoms with Crippen LogP contribution in [0.2, 0.25) is 0 Å². The van der Waals surface area contributed by atoms with E-state index in [1.165, 1.54) is 0 Å². The van der Waals surface area contributed by atoms with Crippen LogP contribution in [-0.2, 0) is 52.4 Å². The molecule has 1 heterocycles. The smallest absolute Gasteiger partial charge is 0.308 e. The predicted molar refractivity (Wildman–Crippen MR) is 155 cm³/mol. The monoisotopic (exact) mass is 612 g/mol. The van der Waals surface area contributed by atoms with Gasteiger partial charge in [0.15, 0.2) is 12.2 Å². The van der Waals surface area contributed by atoms with Crippen molar-refractivity contribution in [2.75, 3.05) is 33.8 Å². The number of terminal acetylenes is 1. The molecule has 0 aliphatic carbocycles. The summed E-state index contributed by atoms with van der Waals surface area (Å²) in [6.45, 7) is 7.87. The average molecular weight is 613 g/mol. The lowest BCUT2D eigenvalue weighted by atomic mass is 9.97. The van der Waals surface area contributed by atoms with E-state index >= 15 is 0 Å². The Hall–Kier alpha value is -3.17. The molecule has 43 heavy (non-hydrogen) atoms. The highest BCUT2D eigenvalue weighted by Gasteiger charge is 2.54.